The van der Waals surface area contributed by atoms with Crippen molar-refractivity contribution in [2.24, 2.45) is 0 Å². The molecule has 8 heteroatoms. The first-order valence-electron chi connectivity index (χ1n) is 10.3. The smallest absolute Gasteiger partial charge is 0.300 e. The Hall–Kier alpha value is -3.94. The Labute approximate surface area is 188 Å². The van der Waals surface area contributed by atoms with Gasteiger partial charge in [-0.05, 0) is 68.8 Å². The lowest BCUT2D eigenvalue weighted by Gasteiger charge is -2.23. The van der Waals surface area contributed by atoms with Crippen LogP contribution in [-0.2, 0) is 9.59 Å². The molecule has 0 bridgehead atoms. The van der Waals surface area contributed by atoms with Crippen LogP contribution in [0.1, 0.15) is 36.8 Å². The molecule has 4 rings (SSSR count). The number of ether oxygens (including phenoxy) is 1. The number of amides is 1. The summed E-state index contributed by atoms with van der Waals surface area (Å²) >= 11 is 0. The molecule has 0 saturated carbocycles. The lowest BCUT2D eigenvalue weighted by Crippen LogP contribution is -2.30. The average Bonchev–Trinajstić information content (AvgIpc) is 3.38. The highest BCUT2D eigenvalue weighted by molar-refractivity contribution is 6.51. The predicted molar refractivity (Wildman–Crippen MR) is 117 cm³/mol. The number of carbonyl (C=O) groups excluding carboxylic acids is 2. The number of aliphatic hydroxyl groups excluding tert-OH is 1. The molecule has 1 amide bonds. The lowest BCUT2D eigenvalue weighted by atomic mass is 9.98. The van der Waals surface area contributed by atoms with Crippen molar-refractivity contribution >= 4 is 23.1 Å². The molecule has 0 spiro atoms. The molecule has 1 fully saturated rings. The first-order valence-corrected chi connectivity index (χ1v) is 10.3. The molecule has 1 saturated heterocycles. The van der Waals surface area contributed by atoms with Gasteiger partial charge in [0.2, 0.25) is 0 Å². The maximum Gasteiger partial charge on any atom is 0.300 e. The zero-order chi connectivity index (χ0) is 23.9. The standard InChI is InChI=1S/C25H21F2NO5/c1-13(2)33-19-9-6-15(11-14(19)3)23(29)21-22(20-5-4-10-32-20)28(25(31)24(21)30)18-12-16(26)7-8-17(18)27/h4-13,22,29H,1-3H3/b23-21-. The summed E-state index contributed by atoms with van der Waals surface area (Å²) in [6.07, 6.45) is 1.26. The Morgan fingerprint density at radius 2 is 1.88 bits per heavy atom. The number of benzene rings is 2. The molecular weight excluding hydrogens is 432 g/mol. The highest BCUT2D eigenvalue weighted by atomic mass is 19.1. The van der Waals surface area contributed by atoms with E-state index in [0.29, 0.717) is 11.3 Å². The van der Waals surface area contributed by atoms with Crippen molar-refractivity contribution < 1.29 is 32.6 Å². The van der Waals surface area contributed by atoms with E-state index in [-0.39, 0.29) is 23.0 Å². The zero-order valence-electron chi connectivity index (χ0n) is 18.1. The summed E-state index contributed by atoms with van der Waals surface area (Å²) in [6.45, 7) is 5.53. The summed E-state index contributed by atoms with van der Waals surface area (Å²) in [4.78, 5) is 26.8. The quantitative estimate of drug-likeness (QED) is 0.323. The highest BCUT2D eigenvalue weighted by Gasteiger charge is 2.49. The molecule has 2 heterocycles. The molecule has 2 aromatic carbocycles. The minimum atomic E-state index is -1.29. The molecule has 1 unspecified atom stereocenters. The Morgan fingerprint density at radius 3 is 2.52 bits per heavy atom. The van der Waals surface area contributed by atoms with E-state index in [9.17, 15) is 23.5 Å². The first kappa shape index (κ1) is 22.3. The van der Waals surface area contributed by atoms with Gasteiger partial charge in [0, 0.05) is 11.6 Å². The Balaban J connectivity index is 1.89. The van der Waals surface area contributed by atoms with Gasteiger partial charge in [-0.3, -0.25) is 14.5 Å². The molecule has 3 aromatic rings. The molecule has 1 atom stereocenters. The van der Waals surface area contributed by atoms with E-state index in [1.807, 2.05) is 13.8 Å². The van der Waals surface area contributed by atoms with Gasteiger partial charge < -0.3 is 14.3 Å². The summed E-state index contributed by atoms with van der Waals surface area (Å²) in [7, 11) is 0. The molecule has 0 radical (unpaired) electrons. The van der Waals surface area contributed by atoms with Crippen LogP contribution in [0, 0.1) is 18.6 Å². The van der Waals surface area contributed by atoms with E-state index in [2.05, 4.69) is 0 Å². The van der Waals surface area contributed by atoms with E-state index in [1.165, 1.54) is 18.4 Å². The number of hydrogen-bond donors (Lipinski definition) is 1. The van der Waals surface area contributed by atoms with Crippen molar-refractivity contribution in [1.29, 1.82) is 0 Å². The van der Waals surface area contributed by atoms with Crippen LogP contribution in [0.25, 0.3) is 5.76 Å². The molecule has 0 aliphatic carbocycles. The third kappa shape index (κ3) is 4.00. The van der Waals surface area contributed by atoms with Crippen molar-refractivity contribution in [2.75, 3.05) is 4.90 Å². The van der Waals surface area contributed by atoms with Crippen LogP contribution in [0.3, 0.4) is 0 Å². The monoisotopic (exact) mass is 453 g/mol. The van der Waals surface area contributed by atoms with Crippen molar-refractivity contribution in [1.82, 2.24) is 0 Å². The second-order valence-electron chi connectivity index (χ2n) is 7.93. The molecule has 1 N–H and O–H groups in total. The summed E-state index contributed by atoms with van der Waals surface area (Å²) in [5.41, 5.74) is 0.232. The molecular formula is C25H21F2NO5. The van der Waals surface area contributed by atoms with Gasteiger partial charge in [0.25, 0.3) is 11.7 Å². The lowest BCUT2D eigenvalue weighted by molar-refractivity contribution is -0.132. The predicted octanol–water partition coefficient (Wildman–Crippen LogP) is 5.28. The average molecular weight is 453 g/mol. The van der Waals surface area contributed by atoms with Crippen molar-refractivity contribution in [3.05, 3.63) is 88.9 Å². The molecule has 170 valence electrons. The van der Waals surface area contributed by atoms with Crippen molar-refractivity contribution in [2.45, 2.75) is 32.9 Å². The highest BCUT2D eigenvalue weighted by Crippen LogP contribution is 2.43. The summed E-state index contributed by atoms with van der Waals surface area (Å²) < 4.78 is 39.6. The zero-order valence-corrected chi connectivity index (χ0v) is 18.1. The molecule has 6 nitrogen and oxygen atoms in total. The third-order valence-electron chi connectivity index (χ3n) is 5.24. The normalized spacial score (nSPS) is 17.8. The van der Waals surface area contributed by atoms with Gasteiger partial charge in [-0.25, -0.2) is 8.78 Å². The van der Waals surface area contributed by atoms with Crippen LogP contribution in [0.2, 0.25) is 0 Å². The van der Waals surface area contributed by atoms with Gasteiger partial charge in [-0.1, -0.05) is 0 Å². The molecule has 33 heavy (non-hydrogen) atoms. The minimum Gasteiger partial charge on any atom is -0.507 e. The fraction of sp³-hybridized carbons (Fsp3) is 0.200. The second kappa shape index (κ2) is 8.54. The van der Waals surface area contributed by atoms with Crippen LogP contribution >= 0.6 is 0 Å². The number of ketones is 1. The van der Waals surface area contributed by atoms with E-state index in [0.717, 1.165) is 23.1 Å². The van der Waals surface area contributed by atoms with Crippen LogP contribution in [0.5, 0.6) is 5.75 Å². The van der Waals surface area contributed by atoms with Gasteiger partial charge >= 0.3 is 0 Å². The number of rotatable bonds is 5. The van der Waals surface area contributed by atoms with Crippen LogP contribution < -0.4 is 9.64 Å². The number of Topliss-reactive ketones (excluding diaryl/α,β-unsaturated/α-hetero) is 1. The largest absolute Gasteiger partial charge is 0.507 e. The fourth-order valence-corrected chi connectivity index (χ4v) is 3.81. The molecule has 1 aliphatic heterocycles. The van der Waals surface area contributed by atoms with Gasteiger partial charge in [-0.15, -0.1) is 0 Å². The molecule has 1 aromatic heterocycles. The third-order valence-corrected chi connectivity index (χ3v) is 5.24. The number of aryl methyl sites for hydroxylation is 1. The summed E-state index contributed by atoms with van der Waals surface area (Å²) in [6, 6.07) is 9.12. The Bertz CT molecular complexity index is 1260. The van der Waals surface area contributed by atoms with Crippen molar-refractivity contribution in [3.8, 4) is 5.75 Å². The van der Waals surface area contributed by atoms with Gasteiger partial charge in [0.1, 0.15) is 34.9 Å². The number of halogens is 2. The van der Waals surface area contributed by atoms with E-state index < -0.39 is 40.8 Å². The topological polar surface area (TPSA) is 80.0 Å². The van der Waals surface area contributed by atoms with E-state index in [4.69, 9.17) is 9.15 Å². The first-order chi connectivity index (χ1) is 15.7. The number of aliphatic hydroxyl groups is 1. The second-order valence-corrected chi connectivity index (χ2v) is 7.93. The number of anilines is 1. The summed E-state index contributed by atoms with van der Waals surface area (Å²) in [5.74, 6) is -3.60. The van der Waals surface area contributed by atoms with Crippen LogP contribution in [0.15, 0.2) is 64.8 Å². The van der Waals surface area contributed by atoms with Gasteiger partial charge in [-0.2, -0.15) is 0 Å². The minimum absolute atomic E-state index is 0.0615. The number of furan rings is 1. The van der Waals surface area contributed by atoms with Gasteiger partial charge in [0.05, 0.1) is 23.6 Å². The SMILES string of the molecule is Cc1cc(/C(O)=C2/C(=O)C(=O)N(c3cc(F)ccc3F)C2c2ccco2)ccc1OC(C)C. The molecule has 1 aliphatic rings. The number of hydrogen-bond acceptors (Lipinski definition) is 5. The van der Waals surface area contributed by atoms with Crippen LogP contribution in [-0.4, -0.2) is 22.9 Å². The maximum atomic E-state index is 14.6. The van der Waals surface area contributed by atoms with Crippen molar-refractivity contribution in [3.63, 3.8) is 0 Å². The maximum absolute atomic E-state index is 14.6. The van der Waals surface area contributed by atoms with E-state index >= 15 is 0 Å². The summed E-state index contributed by atoms with van der Waals surface area (Å²) in [5, 5.41) is 11.1. The van der Waals surface area contributed by atoms with E-state index in [1.54, 1.807) is 25.1 Å². The number of carbonyl (C=O) groups is 2. The van der Waals surface area contributed by atoms with Gasteiger partial charge in [0.15, 0.2) is 0 Å². The fourth-order valence-electron chi connectivity index (χ4n) is 3.81. The Kier molecular flexibility index (Phi) is 5.76. The Morgan fingerprint density at radius 1 is 1.12 bits per heavy atom. The van der Waals surface area contributed by atoms with Crippen LogP contribution in [0.4, 0.5) is 14.5 Å². The number of nitrogens with zero attached hydrogens (tertiary/aromatic N) is 1.